The van der Waals surface area contributed by atoms with E-state index in [9.17, 15) is 9.90 Å². The van der Waals surface area contributed by atoms with Crippen LogP contribution in [-0.2, 0) is 17.8 Å². The number of carbonyl (C=O) groups excluding carboxylic acids is 1. The first-order chi connectivity index (χ1) is 13.2. The first-order valence-electron chi connectivity index (χ1n) is 9.38. The van der Waals surface area contributed by atoms with Crippen LogP contribution in [0.2, 0.25) is 0 Å². The minimum Gasteiger partial charge on any atom is -0.391 e. The summed E-state index contributed by atoms with van der Waals surface area (Å²) in [5, 5.41) is 22.2. The van der Waals surface area contributed by atoms with Gasteiger partial charge in [0, 0.05) is 13.1 Å². The zero-order chi connectivity index (χ0) is 19.1. The van der Waals surface area contributed by atoms with Gasteiger partial charge in [-0.3, -0.25) is 9.69 Å². The van der Waals surface area contributed by atoms with E-state index >= 15 is 0 Å². The van der Waals surface area contributed by atoms with Crippen LogP contribution in [-0.4, -0.2) is 41.1 Å². The van der Waals surface area contributed by atoms with Crippen molar-refractivity contribution in [3.05, 3.63) is 71.3 Å². The van der Waals surface area contributed by atoms with Crippen LogP contribution in [0.4, 0.5) is 0 Å². The van der Waals surface area contributed by atoms with E-state index < -0.39 is 6.10 Å². The summed E-state index contributed by atoms with van der Waals surface area (Å²) < 4.78 is 0. The maximum Gasteiger partial charge on any atom is 0.237 e. The number of nitrogens with one attached hydrogen (secondary N) is 1. The van der Waals surface area contributed by atoms with Crippen LogP contribution in [0, 0.1) is 11.3 Å². The molecule has 2 aromatic rings. The Balaban J connectivity index is 1.50. The second-order valence-corrected chi connectivity index (χ2v) is 7.02. The third-order valence-electron chi connectivity index (χ3n) is 4.98. The molecule has 1 unspecified atom stereocenters. The number of benzene rings is 2. The fraction of sp³-hybridized carbons (Fsp3) is 0.364. The Labute approximate surface area is 160 Å². The lowest BCUT2D eigenvalue weighted by atomic mass is 10.1. The van der Waals surface area contributed by atoms with E-state index in [1.807, 2.05) is 42.5 Å². The van der Waals surface area contributed by atoms with Gasteiger partial charge in [-0.15, -0.1) is 0 Å². The van der Waals surface area contributed by atoms with Gasteiger partial charge in [-0.1, -0.05) is 42.5 Å². The molecule has 1 fully saturated rings. The smallest absolute Gasteiger partial charge is 0.237 e. The SMILES string of the molecule is N#Cc1ccc(CNC(=O)[C@@H]2CCCN2CC(O)Cc2ccccc2)cc1. The quantitative estimate of drug-likeness (QED) is 0.791. The molecule has 27 heavy (non-hydrogen) atoms. The van der Waals surface area contributed by atoms with Gasteiger partial charge in [-0.25, -0.2) is 0 Å². The highest BCUT2D eigenvalue weighted by atomic mass is 16.3. The number of aliphatic hydroxyl groups is 1. The predicted molar refractivity (Wildman–Crippen MR) is 104 cm³/mol. The number of carbonyl (C=O) groups is 1. The molecule has 1 aliphatic heterocycles. The molecule has 140 valence electrons. The van der Waals surface area contributed by atoms with Crippen molar-refractivity contribution in [3.63, 3.8) is 0 Å². The number of nitrogens with zero attached hydrogens (tertiary/aromatic N) is 2. The summed E-state index contributed by atoms with van der Waals surface area (Å²) in [4.78, 5) is 14.7. The number of nitriles is 1. The molecule has 0 aliphatic carbocycles. The van der Waals surface area contributed by atoms with E-state index in [2.05, 4.69) is 16.3 Å². The average Bonchev–Trinajstić information content (AvgIpc) is 3.15. The summed E-state index contributed by atoms with van der Waals surface area (Å²) >= 11 is 0. The Morgan fingerprint density at radius 3 is 2.63 bits per heavy atom. The molecule has 2 atom stereocenters. The van der Waals surface area contributed by atoms with Gasteiger partial charge in [-0.2, -0.15) is 5.26 Å². The lowest BCUT2D eigenvalue weighted by molar-refractivity contribution is -0.126. The molecule has 0 spiro atoms. The molecule has 0 radical (unpaired) electrons. The Morgan fingerprint density at radius 1 is 1.19 bits per heavy atom. The lowest BCUT2D eigenvalue weighted by Crippen LogP contribution is -2.46. The molecular weight excluding hydrogens is 338 g/mol. The van der Waals surface area contributed by atoms with Gasteiger partial charge in [0.1, 0.15) is 0 Å². The van der Waals surface area contributed by atoms with E-state index in [4.69, 9.17) is 5.26 Å². The van der Waals surface area contributed by atoms with Gasteiger partial charge < -0.3 is 10.4 Å². The highest BCUT2D eigenvalue weighted by Crippen LogP contribution is 2.19. The van der Waals surface area contributed by atoms with Crippen molar-refractivity contribution in [2.45, 2.75) is 38.0 Å². The van der Waals surface area contributed by atoms with Crippen molar-refractivity contribution in [2.24, 2.45) is 0 Å². The minimum atomic E-state index is -0.487. The van der Waals surface area contributed by atoms with E-state index in [-0.39, 0.29) is 11.9 Å². The van der Waals surface area contributed by atoms with Crippen molar-refractivity contribution < 1.29 is 9.90 Å². The Kier molecular flexibility index (Phi) is 6.59. The normalized spacial score (nSPS) is 18.0. The zero-order valence-corrected chi connectivity index (χ0v) is 15.3. The second-order valence-electron chi connectivity index (χ2n) is 7.02. The fourth-order valence-electron chi connectivity index (χ4n) is 3.57. The molecule has 2 aromatic carbocycles. The monoisotopic (exact) mass is 363 g/mol. The number of rotatable bonds is 7. The van der Waals surface area contributed by atoms with Crippen LogP contribution in [0.15, 0.2) is 54.6 Å². The molecule has 5 nitrogen and oxygen atoms in total. The Hall–Kier alpha value is -2.68. The molecule has 1 aliphatic rings. The maximum atomic E-state index is 12.6. The topological polar surface area (TPSA) is 76.4 Å². The molecule has 1 amide bonds. The van der Waals surface area contributed by atoms with Gasteiger partial charge in [-0.05, 0) is 49.1 Å². The highest BCUT2D eigenvalue weighted by Gasteiger charge is 2.31. The van der Waals surface area contributed by atoms with Crippen LogP contribution in [0.25, 0.3) is 0 Å². The van der Waals surface area contributed by atoms with Gasteiger partial charge in [0.2, 0.25) is 5.91 Å². The van der Waals surface area contributed by atoms with E-state index in [1.54, 1.807) is 12.1 Å². The molecule has 0 saturated carbocycles. The number of likely N-dealkylation sites (tertiary alicyclic amines) is 1. The summed E-state index contributed by atoms with van der Waals surface area (Å²) in [6.45, 7) is 1.78. The van der Waals surface area contributed by atoms with Gasteiger partial charge >= 0.3 is 0 Å². The molecule has 3 rings (SSSR count). The van der Waals surface area contributed by atoms with Crippen molar-refractivity contribution in [1.82, 2.24) is 10.2 Å². The molecule has 1 saturated heterocycles. The molecular formula is C22H25N3O2. The summed E-state index contributed by atoms with van der Waals surface area (Å²) in [6.07, 6.45) is 1.89. The Bertz CT molecular complexity index is 783. The molecule has 5 heteroatoms. The summed E-state index contributed by atoms with van der Waals surface area (Å²) in [7, 11) is 0. The number of hydrogen-bond donors (Lipinski definition) is 2. The zero-order valence-electron chi connectivity index (χ0n) is 15.3. The minimum absolute atomic E-state index is 0.00349. The Morgan fingerprint density at radius 2 is 1.93 bits per heavy atom. The standard InChI is InChI=1S/C22H25N3O2/c23-14-18-8-10-19(11-9-18)15-24-22(27)21-7-4-12-25(21)16-20(26)13-17-5-2-1-3-6-17/h1-3,5-6,8-11,20-21,26H,4,7,12-13,15-16H2,(H,24,27)/t20?,21-/m0/s1. The molecule has 2 N–H and O–H groups in total. The fourth-order valence-corrected chi connectivity index (χ4v) is 3.57. The molecule has 0 aromatic heterocycles. The molecule has 1 heterocycles. The number of aliphatic hydroxyl groups excluding tert-OH is 1. The van der Waals surface area contributed by atoms with Crippen LogP contribution in [0.5, 0.6) is 0 Å². The van der Waals surface area contributed by atoms with Crippen LogP contribution < -0.4 is 5.32 Å². The summed E-state index contributed by atoms with van der Waals surface area (Å²) in [5.74, 6) is 0.00349. The van der Waals surface area contributed by atoms with Crippen molar-refractivity contribution in [3.8, 4) is 6.07 Å². The van der Waals surface area contributed by atoms with Gasteiger partial charge in [0.25, 0.3) is 0 Å². The first-order valence-corrected chi connectivity index (χ1v) is 9.38. The number of hydrogen-bond acceptors (Lipinski definition) is 4. The second kappa shape index (κ2) is 9.31. The first kappa shape index (κ1) is 19.1. The summed E-state index contributed by atoms with van der Waals surface area (Å²) in [5.41, 5.74) is 2.68. The van der Waals surface area contributed by atoms with Crippen molar-refractivity contribution in [2.75, 3.05) is 13.1 Å². The highest BCUT2D eigenvalue weighted by molar-refractivity contribution is 5.82. The van der Waals surface area contributed by atoms with Gasteiger partial charge in [0.15, 0.2) is 0 Å². The summed E-state index contributed by atoms with van der Waals surface area (Å²) in [6, 6.07) is 19.0. The molecule has 0 bridgehead atoms. The van der Waals surface area contributed by atoms with Crippen molar-refractivity contribution >= 4 is 5.91 Å². The lowest BCUT2D eigenvalue weighted by Gasteiger charge is -2.26. The van der Waals surface area contributed by atoms with E-state index in [1.165, 1.54) is 0 Å². The third-order valence-corrected chi connectivity index (χ3v) is 4.98. The van der Waals surface area contributed by atoms with E-state index in [0.29, 0.717) is 25.1 Å². The van der Waals surface area contributed by atoms with Crippen LogP contribution in [0.3, 0.4) is 0 Å². The van der Waals surface area contributed by atoms with E-state index in [0.717, 1.165) is 30.5 Å². The number of β-amino-alcohol motifs (C(OH)–C–C–N with tert-alkyl or cyclic N) is 1. The van der Waals surface area contributed by atoms with Crippen molar-refractivity contribution in [1.29, 1.82) is 5.26 Å². The largest absolute Gasteiger partial charge is 0.391 e. The number of amides is 1. The van der Waals surface area contributed by atoms with Crippen LogP contribution >= 0.6 is 0 Å². The third kappa shape index (κ3) is 5.40. The van der Waals surface area contributed by atoms with Crippen LogP contribution in [0.1, 0.15) is 29.5 Å². The predicted octanol–water partition coefficient (Wildman–Crippen LogP) is 2.24. The maximum absolute atomic E-state index is 12.6. The van der Waals surface area contributed by atoms with Gasteiger partial charge in [0.05, 0.1) is 23.8 Å². The average molecular weight is 363 g/mol.